The van der Waals surface area contributed by atoms with Gasteiger partial charge < -0.3 is 9.47 Å². The van der Waals surface area contributed by atoms with Crippen molar-refractivity contribution < 1.29 is 22.7 Å². The average molecular weight is 431 g/mol. The van der Waals surface area contributed by atoms with Gasteiger partial charge in [0.15, 0.2) is 9.84 Å². The van der Waals surface area contributed by atoms with Crippen molar-refractivity contribution in [3.8, 4) is 5.75 Å². The molecule has 30 heavy (non-hydrogen) atoms. The number of sulfone groups is 1. The summed E-state index contributed by atoms with van der Waals surface area (Å²) in [5.74, 6) is -0.0674. The van der Waals surface area contributed by atoms with E-state index >= 15 is 0 Å². The van der Waals surface area contributed by atoms with Crippen molar-refractivity contribution in [3.05, 3.63) is 59.2 Å². The van der Waals surface area contributed by atoms with Gasteiger partial charge in [-0.05, 0) is 30.5 Å². The van der Waals surface area contributed by atoms with Gasteiger partial charge in [-0.25, -0.2) is 13.2 Å². The molecule has 0 saturated heterocycles. The monoisotopic (exact) mass is 430 g/mol. The lowest BCUT2D eigenvalue weighted by molar-refractivity contribution is 0.0467. The Morgan fingerprint density at radius 3 is 2.47 bits per heavy atom. The summed E-state index contributed by atoms with van der Waals surface area (Å²) in [6, 6.07) is 12.5. The molecule has 1 aliphatic heterocycles. The zero-order valence-electron chi connectivity index (χ0n) is 17.6. The van der Waals surface area contributed by atoms with E-state index in [1.807, 2.05) is 30.3 Å². The fraction of sp³-hybridized carbons (Fsp3) is 0.458. The van der Waals surface area contributed by atoms with Crippen LogP contribution in [0.1, 0.15) is 66.9 Å². The van der Waals surface area contributed by atoms with E-state index in [1.165, 1.54) is 31.4 Å². The van der Waals surface area contributed by atoms with E-state index in [2.05, 4.69) is 6.92 Å². The quantitative estimate of drug-likeness (QED) is 0.366. The summed E-state index contributed by atoms with van der Waals surface area (Å²) in [5, 5.41) is 0. The number of benzene rings is 2. The summed E-state index contributed by atoms with van der Waals surface area (Å²) in [6.45, 7) is 2.80. The third-order valence-electron chi connectivity index (χ3n) is 5.35. The summed E-state index contributed by atoms with van der Waals surface area (Å²) >= 11 is 0. The molecule has 0 N–H and O–H groups in total. The lowest BCUT2D eigenvalue weighted by Gasteiger charge is -2.15. The molecule has 0 aromatic heterocycles. The third kappa shape index (κ3) is 5.63. The number of esters is 1. The molecule has 162 valence electrons. The molecule has 0 fully saturated rings. The molecule has 0 radical (unpaired) electrons. The van der Waals surface area contributed by atoms with Crippen molar-refractivity contribution in [1.82, 2.24) is 0 Å². The molecule has 0 aliphatic carbocycles. The van der Waals surface area contributed by atoms with Crippen LogP contribution in [0.2, 0.25) is 0 Å². The number of fused-ring (bicyclic) bond motifs is 1. The molecule has 1 aliphatic rings. The lowest BCUT2D eigenvalue weighted by Crippen LogP contribution is -2.11. The molecule has 0 amide bonds. The van der Waals surface area contributed by atoms with Gasteiger partial charge in [0.2, 0.25) is 0 Å². The Hall–Kier alpha value is -2.34. The third-order valence-corrected chi connectivity index (χ3v) is 7.14. The van der Waals surface area contributed by atoms with Crippen molar-refractivity contribution in [1.29, 1.82) is 0 Å². The molecule has 1 heterocycles. The number of hydrogen-bond acceptors (Lipinski definition) is 5. The van der Waals surface area contributed by atoms with Crippen LogP contribution in [0.5, 0.6) is 5.75 Å². The first-order valence-corrected chi connectivity index (χ1v) is 12.4. The SMILES string of the molecule is CCCCCCCCOc1c(C(=O)OCc2ccccc2)ccc2c1CCS2(=O)=O. The van der Waals surface area contributed by atoms with E-state index in [4.69, 9.17) is 9.47 Å². The minimum atomic E-state index is -3.30. The summed E-state index contributed by atoms with van der Waals surface area (Å²) < 4.78 is 36.1. The van der Waals surface area contributed by atoms with E-state index in [1.54, 1.807) is 0 Å². The Labute approximate surface area is 179 Å². The molecule has 0 saturated carbocycles. The van der Waals surface area contributed by atoms with Crippen molar-refractivity contribution in [2.45, 2.75) is 63.4 Å². The Balaban J connectivity index is 1.71. The molecule has 6 heteroatoms. The van der Waals surface area contributed by atoms with E-state index in [0.717, 1.165) is 24.8 Å². The minimum Gasteiger partial charge on any atom is -0.492 e. The van der Waals surface area contributed by atoms with Gasteiger partial charge in [0.25, 0.3) is 0 Å². The fourth-order valence-corrected chi connectivity index (χ4v) is 5.21. The van der Waals surface area contributed by atoms with Crippen molar-refractivity contribution in [3.63, 3.8) is 0 Å². The van der Waals surface area contributed by atoms with Gasteiger partial charge in [0.05, 0.1) is 17.3 Å². The van der Waals surface area contributed by atoms with Crippen LogP contribution in [0.25, 0.3) is 0 Å². The molecular formula is C24H30O5S. The summed E-state index contributed by atoms with van der Waals surface area (Å²) in [7, 11) is -3.30. The highest BCUT2D eigenvalue weighted by Gasteiger charge is 2.32. The normalized spacial score (nSPS) is 14.3. The molecule has 2 aromatic carbocycles. The van der Waals surface area contributed by atoms with Crippen LogP contribution in [0.4, 0.5) is 0 Å². The number of rotatable bonds is 11. The van der Waals surface area contributed by atoms with E-state index < -0.39 is 15.8 Å². The predicted octanol–water partition coefficient (Wildman–Crippen LogP) is 5.11. The van der Waals surface area contributed by atoms with Gasteiger partial charge in [0, 0.05) is 5.56 Å². The van der Waals surface area contributed by atoms with Crippen LogP contribution in [0.15, 0.2) is 47.4 Å². The highest BCUT2D eigenvalue weighted by molar-refractivity contribution is 7.91. The van der Waals surface area contributed by atoms with Crippen LogP contribution >= 0.6 is 0 Å². The molecule has 3 rings (SSSR count). The van der Waals surface area contributed by atoms with Crippen molar-refractivity contribution in [2.24, 2.45) is 0 Å². The zero-order valence-corrected chi connectivity index (χ0v) is 18.4. The lowest BCUT2D eigenvalue weighted by atomic mass is 10.1. The minimum absolute atomic E-state index is 0.0538. The van der Waals surface area contributed by atoms with Gasteiger partial charge in [-0.2, -0.15) is 0 Å². The second kappa shape index (κ2) is 10.6. The first-order valence-electron chi connectivity index (χ1n) is 10.8. The molecule has 0 unspecified atom stereocenters. The van der Waals surface area contributed by atoms with Crippen LogP contribution in [-0.2, 0) is 27.6 Å². The van der Waals surface area contributed by atoms with Gasteiger partial charge in [-0.15, -0.1) is 0 Å². The van der Waals surface area contributed by atoms with E-state index in [0.29, 0.717) is 29.9 Å². The number of carbonyl (C=O) groups is 1. The summed E-state index contributed by atoms with van der Waals surface area (Å²) in [4.78, 5) is 13.0. The first kappa shape index (κ1) is 22.3. The molecule has 5 nitrogen and oxygen atoms in total. The summed E-state index contributed by atoms with van der Waals surface area (Å²) in [6.07, 6.45) is 7.11. The number of hydrogen-bond donors (Lipinski definition) is 0. The second-order valence-corrected chi connectivity index (χ2v) is 9.74. The van der Waals surface area contributed by atoms with Gasteiger partial charge in [0.1, 0.15) is 17.9 Å². The maximum atomic E-state index is 12.8. The number of carbonyl (C=O) groups excluding carboxylic acids is 1. The topological polar surface area (TPSA) is 69.7 Å². The Morgan fingerprint density at radius 1 is 0.967 bits per heavy atom. The number of ether oxygens (including phenoxy) is 2. The Kier molecular flexibility index (Phi) is 7.91. The standard InChI is InChI=1S/C24H30O5S/c1-2-3-4-5-6-10-16-28-23-20-15-17-30(26,27)22(20)14-13-21(23)24(25)29-18-19-11-8-7-9-12-19/h7-9,11-14H,2-6,10,15-18H2,1H3. The summed E-state index contributed by atoms with van der Waals surface area (Å²) in [5.41, 5.74) is 1.80. The van der Waals surface area contributed by atoms with Crippen molar-refractivity contribution >= 4 is 15.8 Å². The number of unbranched alkanes of at least 4 members (excludes halogenated alkanes) is 5. The van der Waals surface area contributed by atoms with Crippen LogP contribution < -0.4 is 4.74 Å². The Bertz CT molecular complexity index is 951. The maximum absolute atomic E-state index is 12.8. The van der Waals surface area contributed by atoms with Crippen molar-refractivity contribution in [2.75, 3.05) is 12.4 Å². The molecule has 0 spiro atoms. The van der Waals surface area contributed by atoms with Gasteiger partial charge >= 0.3 is 5.97 Å². The van der Waals surface area contributed by atoms with E-state index in [9.17, 15) is 13.2 Å². The maximum Gasteiger partial charge on any atom is 0.342 e. The highest BCUT2D eigenvalue weighted by Crippen LogP contribution is 2.36. The van der Waals surface area contributed by atoms with Gasteiger partial charge in [-0.1, -0.05) is 69.4 Å². The smallest absolute Gasteiger partial charge is 0.342 e. The molecule has 0 bridgehead atoms. The molecule has 0 atom stereocenters. The first-order chi connectivity index (χ1) is 14.5. The van der Waals surface area contributed by atoms with Crippen LogP contribution in [0, 0.1) is 0 Å². The van der Waals surface area contributed by atoms with E-state index in [-0.39, 0.29) is 17.3 Å². The van der Waals surface area contributed by atoms with Crippen LogP contribution in [0.3, 0.4) is 0 Å². The molecule has 2 aromatic rings. The molecular weight excluding hydrogens is 400 g/mol. The predicted molar refractivity (Wildman–Crippen MR) is 117 cm³/mol. The second-order valence-electron chi connectivity index (χ2n) is 7.67. The Morgan fingerprint density at radius 2 is 1.70 bits per heavy atom. The highest BCUT2D eigenvalue weighted by atomic mass is 32.2. The van der Waals surface area contributed by atoms with Gasteiger partial charge in [-0.3, -0.25) is 0 Å². The largest absolute Gasteiger partial charge is 0.492 e. The zero-order chi connectivity index (χ0) is 21.4. The van der Waals surface area contributed by atoms with Crippen LogP contribution in [-0.4, -0.2) is 26.7 Å². The average Bonchev–Trinajstić information content (AvgIpc) is 3.07. The fourth-order valence-electron chi connectivity index (χ4n) is 3.67.